The fraction of sp³-hybridized carbons (Fsp3) is 0.333. The molecular weight excluding hydrogens is 328 g/mol. The van der Waals surface area contributed by atoms with Crippen molar-refractivity contribution in [2.45, 2.75) is 38.5 Å². The SMILES string of the molecule is CC(CNC(=O)CCCCc1nc2ccccc2s1)c1ccccc1. The molecule has 0 spiro atoms. The first-order chi connectivity index (χ1) is 12.2. The van der Waals surface area contributed by atoms with Crippen molar-refractivity contribution in [1.29, 1.82) is 0 Å². The molecular formula is C21H24N2OS. The Kier molecular flexibility index (Phi) is 6.18. The van der Waals surface area contributed by atoms with Gasteiger partial charge in [-0.05, 0) is 42.9 Å². The standard InChI is InChI=1S/C21H24N2OS/c1-16(17-9-3-2-4-10-17)15-22-20(24)13-7-8-14-21-23-18-11-5-6-12-19(18)25-21/h2-6,9-12,16H,7-8,13-15H2,1H3,(H,22,24). The zero-order chi connectivity index (χ0) is 17.5. The lowest BCUT2D eigenvalue weighted by Gasteiger charge is -2.13. The molecule has 4 heteroatoms. The van der Waals surface area contributed by atoms with Crippen molar-refractivity contribution in [3.63, 3.8) is 0 Å². The average Bonchev–Trinajstić information content (AvgIpc) is 3.07. The minimum absolute atomic E-state index is 0.145. The molecule has 0 saturated carbocycles. The summed E-state index contributed by atoms with van der Waals surface area (Å²) in [5, 5.41) is 4.22. The Morgan fingerprint density at radius 3 is 2.64 bits per heavy atom. The normalized spacial score (nSPS) is 12.2. The van der Waals surface area contributed by atoms with E-state index in [0.717, 1.165) is 24.8 Å². The number of amides is 1. The summed E-state index contributed by atoms with van der Waals surface area (Å²) >= 11 is 1.76. The van der Waals surface area contributed by atoms with Gasteiger partial charge in [-0.2, -0.15) is 0 Å². The number of hydrogen-bond donors (Lipinski definition) is 1. The summed E-state index contributed by atoms with van der Waals surface area (Å²) in [5.41, 5.74) is 2.34. The monoisotopic (exact) mass is 352 g/mol. The van der Waals surface area contributed by atoms with Crippen LogP contribution in [0.4, 0.5) is 0 Å². The van der Waals surface area contributed by atoms with E-state index in [1.807, 2.05) is 30.3 Å². The highest BCUT2D eigenvalue weighted by molar-refractivity contribution is 7.18. The number of hydrogen-bond acceptors (Lipinski definition) is 3. The average molecular weight is 353 g/mol. The highest BCUT2D eigenvalue weighted by atomic mass is 32.1. The summed E-state index contributed by atoms with van der Waals surface area (Å²) in [6, 6.07) is 18.5. The van der Waals surface area contributed by atoms with E-state index in [0.29, 0.717) is 18.9 Å². The van der Waals surface area contributed by atoms with Crippen molar-refractivity contribution in [3.05, 3.63) is 65.2 Å². The maximum Gasteiger partial charge on any atom is 0.220 e. The van der Waals surface area contributed by atoms with Gasteiger partial charge in [-0.1, -0.05) is 49.4 Å². The van der Waals surface area contributed by atoms with Crippen molar-refractivity contribution in [1.82, 2.24) is 10.3 Å². The number of fused-ring (bicyclic) bond motifs is 1. The summed E-state index contributed by atoms with van der Waals surface area (Å²) in [7, 11) is 0. The predicted octanol–water partition coefficient (Wildman–Crippen LogP) is 4.93. The van der Waals surface area contributed by atoms with Crippen LogP contribution in [0.2, 0.25) is 0 Å². The van der Waals surface area contributed by atoms with Crippen molar-refractivity contribution in [3.8, 4) is 0 Å². The van der Waals surface area contributed by atoms with Gasteiger partial charge < -0.3 is 5.32 Å². The summed E-state index contributed by atoms with van der Waals surface area (Å²) in [4.78, 5) is 16.6. The summed E-state index contributed by atoms with van der Waals surface area (Å²) in [6.45, 7) is 2.84. The Balaban J connectivity index is 1.35. The number of aromatic nitrogens is 1. The third-order valence-electron chi connectivity index (χ3n) is 4.36. The molecule has 0 fully saturated rings. The molecule has 3 aromatic rings. The first-order valence-corrected chi connectivity index (χ1v) is 9.70. The number of aryl methyl sites for hydroxylation is 1. The van der Waals surface area contributed by atoms with Gasteiger partial charge in [0.05, 0.1) is 15.2 Å². The zero-order valence-electron chi connectivity index (χ0n) is 14.6. The van der Waals surface area contributed by atoms with E-state index >= 15 is 0 Å². The minimum atomic E-state index is 0.145. The number of nitrogens with zero attached hydrogens (tertiary/aromatic N) is 1. The Morgan fingerprint density at radius 1 is 1.08 bits per heavy atom. The maximum absolute atomic E-state index is 12.0. The highest BCUT2D eigenvalue weighted by Crippen LogP contribution is 2.22. The molecule has 2 aromatic carbocycles. The van der Waals surface area contributed by atoms with Crippen LogP contribution in [0.15, 0.2) is 54.6 Å². The molecule has 3 rings (SSSR count). The molecule has 1 unspecified atom stereocenters. The van der Waals surface area contributed by atoms with Crippen LogP contribution in [0.1, 0.15) is 42.7 Å². The molecule has 0 radical (unpaired) electrons. The van der Waals surface area contributed by atoms with Gasteiger partial charge in [-0.25, -0.2) is 4.98 Å². The van der Waals surface area contributed by atoms with Crippen LogP contribution in [0.25, 0.3) is 10.2 Å². The number of carbonyl (C=O) groups excluding carboxylic acids is 1. The molecule has 0 aliphatic carbocycles. The third-order valence-corrected chi connectivity index (χ3v) is 5.45. The zero-order valence-corrected chi connectivity index (χ0v) is 15.4. The van der Waals surface area contributed by atoms with Crippen LogP contribution >= 0.6 is 11.3 Å². The van der Waals surface area contributed by atoms with Crippen LogP contribution in [0.3, 0.4) is 0 Å². The van der Waals surface area contributed by atoms with E-state index in [1.165, 1.54) is 15.3 Å². The smallest absolute Gasteiger partial charge is 0.220 e. The van der Waals surface area contributed by atoms with Gasteiger partial charge in [-0.15, -0.1) is 11.3 Å². The van der Waals surface area contributed by atoms with Crippen LogP contribution in [-0.4, -0.2) is 17.4 Å². The van der Waals surface area contributed by atoms with Gasteiger partial charge >= 0.3 is 0 Å². The molecule has 25 heavy (non-hydrogen) atoms. The van der Waals surface area contributed by atoms with Gasteiger partial charge in [0.15, 0.2) is 0 Å². The van der Waals surface area contributed by atoms with Gasteiger partial charge in [-0.3, -0.25) is 4.79 Å². The number of para-hydroxylation sites is 1. The molecule has 0 saturated heterocycles. The Hall–Kier alpha value is -2.20. The van der Waals surface area contributed by atoms with E-state index in [9.17, 15) is 4.79 Å². The lowest BCUT2D eigenvalue weighted by atomic mass is 10.0. The summed E-state index contributed by atoms with van der Waals surface area (Å²) < 4.78 is 1.24. The van der Waals surface area contributed by atoms with Crippen LogP contribution in [-0.2, 0) is 11.2 Å². The van der Waals surface area contributed by atoms with Crippen molar-refractivity contribution in [2.24, 2.45) is 0 Å². The summed E-state index contributed by atoms with van der Waals surface area (Å²) in [5.74, 6) is 0.486. The molecule has 1 amide bonds. The Bertz CT molecular complexity index is 780. The topological polar surface area (TPSA) is 42.0 Å². The van der Waals surface area contributed by atoms with Crippen molar-refractivity contribution < 1.29 is 4.79 Å². The second-order valence-corrected chi connectivity index (χ2v) is 7.51. The van der Waals surface area contributed by atoms with Crippen LogP contribution in [0, 0.1) is 0 Å². The third kappa shape index (κ3) is 5.13. The molecule has 0 bridgehead atoms. The number of nitrogens with one attached hydrogen (secondary N) is 1. The highest BCUT2D eigenvalue weighted by Gasteiger charge is 2.08. The fourth-order valence-electron chi connectivity index (χ4n) is 2.84. The lowest BCUT2D eigenvalue weighted by Crippen LogP contribution is -2.27. The van der Waals surface area contributed by atoms with Gasteiger partial charge in [0.1, 0.15) is 0 Å². The minimum Gasteiger partial charge on any atom is -0.356 e. The summed E-state index contributed by atoms with van der Waals surface area (Å²) in [6.07, 6.45) is 3.45. The van der Waals surface area contributed by atoms with E-state index in [1.54, 1.807) is 11.3 Å². The molecule has 130 valence electrons. The van der Waals surface area contributed by atoms with Gasteiger partial charge in [0.2, 0.25) is 5.91 Å². The second-order valence-electron chi connectivity index (χ2n) is 6.40. The van der Waals surface area contributed by atoms with E-state index in [2.05, 4.69) is 41.5 Å². The molecule has 1 heterocycles. The number of benzene rings is 2. The van der Waals surface area contributed by atoms with Crippen molar-refractivity contribution >= 4 is 27.5 Å². The molecule has 1 N–H and O–H groups in total. The number of carbonyl (C=O) groups is 1. The van der Waals surface area contributed by atoms with E-state index in [-0.39, 0.29) is 5.91 Å². The molecule has 1 aromatic heterocycles. The first-order valence-electron chi connectivity index (χ1n) is 8.88. The fourth-order valence-corrected chi connectivity index (χ4v) is 3.85. The Labute approximate surface area is 153 Å². The van der Waals surface area contributed by atoms with Crippen molar-refractivity contribution in [2.75, 3.05) is 6.54 Å². The number of unbranched alkanes of at least 4 members (excludes halogenated alkanes) is 1. The van der Waals surface area contributed by atoms with Gasteiger partial charge in [0.25, 0.3) is 0 Å². The number of thiazole rings is 1. The van der Waals surface area contributed by atoms with Crippen LogP contribution in [0.5, 0.6) is 0 Å². The first kappa shape index (κ1) is 17.6. The van der Waals surface area contributed by atoms with Gasteiger partial charge in [0, 0.05) is 13.0 Å². The quantitative estimate of drug-likeness (QED) is 0.584. The molecule has 0 aliphatic heterocycles. The molecule has 3 nitrogen and oxygen atoms in total. The second kappa shape index (κ2) is 8.77. The van der Waals surface area contributed by atoms with E-state index in [4.69, 9.17) is 0 Å². The number of rotatable bonds is 8. The lowest BCUT2D eigenvalue weighted by molar-refractivity contribution is -0.121. The van der Waals surface area contributed by atoms with E-state index < -0.39 is 0 Å². The Morgan fingerprint density at radius 2 is 1.84 bits per heavy atom. The largest absolute Gasteiger partial charge is 0.356 e. The maximum atomic E-state index is 12.0. The molecule has 0 aliphatic rings. The predicted molar refractivity (Wildman–Crippen MR) is 105 cm³/mol. The molecule has 1 atom stereocenters. The van der Waals surface area contributed by atoms with Crippen LogP contribution < -0.4 is 5.32 Å².